The third kappa shape index (κ3) is 4.33. The predicted octanol–water partition coefficient (Wildman–Crippen LogP) is 3.82. The number of phenols is 2. The summed E-state index contributed by atoms with van der Waals surface area (Å²) in [6, 6.07) is 7.75. The first-order valence-corrected chi connectivity index (χ1v) is 20.3. The van der Waals surface area contributed by atoms with Gasteiger partial charge >= 0.3 is 0 Å². The molecule has 4 bridgehead atoms. The summed E-state index contributed by atoms with van der Waals surface area (Å²) >= 11 is 0. The molecule has 4 saturated carbocycles. The van der Waals surface area contributed by atoms with E-state index in [0.29, 0.717) is 37.2 Å². The zero-order valence-electron chi connectivity index (χ0n) is 32.6. The fourth-order valence-corrected chi connectivity index (χ4v) is 14.3. The van der Waals surface area contributed by atoms with Crippen molar-refractivity contribution in [3.63, 3.8) is 0 Å². The molecule has 10 aliphatic rings. The number of piperidine rings is 2. The van der Waals surface area contributed by atoms with E-state index in [0.717, 1.165) is 83.8 Å². The molecule has 54 heavy (non-hydrogen) atoms. The fourth-order valence-electron chi connectivity index (χ4n) is 14.3. The first kappa shape index (κ1) is 37.0. The maximum atomic E-state index is 12.2. The molecule has 2 saturated heterocycles. The van der Waals surface area contributed by atoms with Crippen molar-refractivity contribution in [2.24, 2.45) is 11.8 Å². The third-order valence-electron chi connectivity index (χ3n) is 16.9. The number of aliphatic hydroxyl groups is 4. The van der Waals surface area contributed by atoms with Crippen LogP contribution < -0.4 is 9.47 Å². The third-order valence-corrected chi connectivity index (χ3v) is 16.9. The zero-order valence-corrected chi connectivity index (χ0v) is 32.6. The molecule has 10 nitrogen and oxygen atoms in total. The van der Waals surface area contributed by atoms with Crippen molar-refractivity contribution >= 4 is 0 Å². The van der Waals surface area contributed by atoms with Crippen LogP contribution in [-0.2, 0) is 23.7 Å². The average Bonchev–Trinajstić information content (AvgIpc) is 4.03. The number of aliphatic hydroxyl groups excluding tert-OH is 2. The predicted molar refractivity (Wildman–Crippen MR) is 203 cm³/mol. The Labute approximate surface area is 320 Å². The van der Waals surface area contributed by atoms with Gasteiger partial charge in [-0.1, -0.05) is 12.1 Å². The second-order valence-corrected chi connectivity index (χ2v) is 19.6. The molecule has 12 atom stereocenters. The molecule has 4 aliphatic heterocycles. The van der Waals surface area contributed by atoms with Crippen LogP contribution in [-0.4, -0.2) is 128 Å². The van der Waals surface area contributed by atoms with Crippen LogP contribution in [0, 0.1) is 26.7 Å². The van der Waals surface area contributed by atoms with Gasteiger partial charge in [0.15, 0.2) is 23.0 Å². The van der Waals surface area contributed by atoms with E-state index in [1.165, 1.54) is 36.8 Å². The minimum Gasteiger partial charge on any atom is -0.504 e. The number of phenolic OH excluding ortho intramolecular Hbond substituents is 2. The van der Waals surface area contributed by atoms with Crippen molar-refractivity contribution < 1.29 is 49.1 Å². The van der Waals surface area contributed by atoms with Gasteiger partial charge in [0.05, 0.1) is 63.3 Å². The Hall–Kier alpha value is -2.60. The lowest BCUT2D eigenvalue weighted by Crippen LogP contribution is -2.81. The molecule has 2 unspecified atom stereocenters. The number of hydrogen-bond acceptors (Lipinski definition) is 8. The highest BCUT2D eigenvalue weighted by Crippen LogP contribution is 2.68. The molecule has 4 heterocycles. The lowest BCUT2D eigenvalue weighted by molar-refractivity contribution is -0.950. The molecule has 2 aromatic carbocycles. The molecule has 0 amide bonds. The van der Waals surface area contributed by atoms with Crippen LogP contribution in [0.5, 0.6) is 23.0 Å². The highest BCUT2D eigenvalue weighted by molar-refractivity contribution is 5.63. The van der Waals surface area contributed by atoms with Gasteiger partial charge in [0.25, 0.3) is 0 Å². The van der Waals surface area contributed by atoms with Crippen LogP contribution in [0.15, 0.2) is 24.3 Å². The van der Waals surface area contributed by atoms with Gasteiger partial charge in [0.2, 0.25) is 0 Å². The molecular formula is C44H62N2O8. The van der Waals surface area contributed by atoms with Crippen molar-refractivity contribution in [2.45, 2.75) is 136 Å². The van der Waals surface area contributed by atoms with Crippen LogP contribution >= 0.6 is 0 Å². The number of quaternary nitrogens is 2. The summed E-state index contributed by atoms with van der Waals surface area (Å²) in [5.74, 6) is 2.92. The Balaban J connectivity index is 0.000000137. The van der Waals surface area contributed by atoms with Gasteiger partial charge in [-0.15, -0.1) is 0 Å². The molecular weight excluding hydrogens is 684 g/mol. The minimum absolute atomic E-state index is 0. The van der Waals surface area contributed by atoms with E-state index in [1.807, 2.05) is 12.1 Å². The van der Waals surface area contributed by atoms with Crippen molar-refractivity contribution in [2.75, 3.05) is 40.3 Å². The van der Waals surface area contributed by atoms with Crippen molar-refractivity contribution in [1.29, 1.82) is 0 Å². The lowest BCUT2D eigenvalue weighted by Gasteiger charge is -2.65. The molecule has 12 rings (SSSR count). The largest absolute Gasteiger partial charge is 0.504 e. The number of benzene rings is 2. The first-order valence-electron chi connectivity index (χ1n) is 20.3. The number of rotatable bonds is 4. The van der Waals surface area contributed by atoms with Crippen molar-refractivity contribution in [3.05, 3.63) is 61.4 Å². The number of aromatic hydroxyl groups is 2. The SMILES string of the molecule is C[N+]1(CC2CC2)CC[C@]23c4c5ccc(O)c4O[C@H]2[C@@H](O)CC[C@@]3(O)[C@H]1C5.C[N+]1(CC2CC2)CC[C@]23c4c5ccc(O)c4O[C@H]2[C@H](O)CC[C@@]3(O)[C@H]1C5.[CH3-].[CH3-]. The molecule has 2 aromatic rings. The van der Waals surface area contributed by atoms with Crippen LogP contribution in [0.4, 0.5) is 0 Å². The summed E-state index contributed by atoms with van der Waals surface area (Å²) in [6.07, 6.45) is 8.87. The quantitative estimate of drug-likeness (QED) is 0.205. The molecule has 0 aromatic heterocycles. The number of likely N-dealkylation sites (tertiary alicyclic amines) is 2. The maximum Gasteiger partial charge on any atom is 0.165 e. The van der Waals surface area contributed by atoms with Crippen LogP contribution in [0.25, 0.3) is 0 Å². The normalized spacial score (nSPS) is 46.3. The molecule has 10 heteroatoms. The number of nitrogens with zero attached hydrogens (tertiary/aromatic N) is 2. The fraction of sp³-hybridized carbons (Fsp3) is 0.682. The first-order chi connectivity index (χ1) is 24.8. The summed E-state index contributed by atoms with van der Waals surface area (Å²) in [4.78, 5) is 0. The molecule has 6 fully saturated rings. The summed E-state index contributed by atoms with van der Waals surface area (Å²) in [5.41, 5.74) is 1.51. The monoisotopic (exact) mass is 746 g/mol. The Morgan fingerprint density at radius 1 is 0.611 bits per heavy atom. The Kier molecular flexibility index (Phi) is 7.88. The summed E-state index contributed by atoms with van der Waals surface area (Å²) < 4.78 is 14.2. The zero-order chi connectivity index (χ0) is 35.8. The Bertz CT molecular complexity index is 1750. The van der Waals surface area contributed by atoms with E-state index in [9.17, 15) is 30.6 Å². The van der Waals surface area contributed by atoms with E-state index in [-0.39, 0.29) is 38.4 Å². The van der Waals surface area contributed by atoms with Gasteiger partial charge in [-0.25, -0.2) is 0 Å². The number of ether oxygens (including phenoxy) is 2. The summed E-state index contributed by atoms with van der Waals surface area (Å²) in [7, 11) is 4.66. The second kappa shape index (κ2) is 11.5. The van der Waals surface area contributed by atoms with Gasteiger partial charge in [0.1, 0.15) is 35.5 Å². The molecule has 6 aliphatic carbocycles. The highest BCUT2D eigenvalue weighted by Gasteiger charge is 2.78. The van der Waals surface area contributed by atoms with Gasteiger partial charge < -0.3 is 63.9 Å². The van der Waals surface area contributed by atoms with E-state index in [2.05, 4.69) is 14.1 Å². The molecule has 296 valence electrons. The van der Waals surface area contributed by atoms with E-state index >= 15 is 0 Å². The van der Waals surface area contributed by atoms with Crippen molar-refractivity contribution in [1.82, 2.24) is 0 Å². The smallest absolute Gasteiger partial charge is 0.165 e. The average molecular weight is 747 g/mol. The van der Waals surface area contributed by atoms with Gasteiger partial charge in [-0.05, 0) is 74.6 Å². The van der Waals surface area contributed by atoms with Crippen LogP contribution in [0.1, 0.15) is 86.5 Å². The molecule has 2 spiro atoms. The second-order valence-electron chi connectivity index (χ2n) is 19.6. The van der Waals surface area contributed by atoms with E-state index in [1.54, 1.807) is 12.1 Å². The lowest BCUT2D eigenvalue weighted by atomic mass is 9.48. The molecule has 0 radical (unpaired) electrons. The topological polar surface area (TPSA) is 140 Å². The number of hydrogen-bond donors (Lipinski definition) is 6. The summed E-state index contributed by atoms with van der Waals surface area (Å²) in [5, 5.41) is 66.7. The summed E-state index contributed by atoms with van der Waals surface area (Å²) in [6.45, 7) is 4.31. The minimum atomic E-state index is -0.870. The maximum absolute atomic E-state index is 12.2. The van der Waals surface area contributed by atoms with Gasteiger partial charge in [-0.3, -0.25) is 0 Å². The van der Waals surface area contributed by atoms with E-state index < -0.39 is 46.4 Å². The van der Waals surface area contributed by atoms with Crippen LogP contribution in [0.2, 0.25) is 0 Å². The van der Waals surface area contributed by atoms with Gasteiger partial charge in [0, 0.05) is 48.6 Å². The standard InChI is InChI=1S/2C21H27NO4.2CH3/c2*1-22(11-12-2-3-12)9-8-20-17-13-4-5-14(23)18(17)26-19(20)15(24)6-7-21(20,25)16(22)10-13;;/h2*4-5,12,15-16,19,24-25H,2-3,6-11H2,1H3;2*1H3/q;;2*-1/p+2/t15-,16+,19-,20-,21+,22?;15-,16-,19+,20+,21-,22?;;/m01../s1. The van der Waals surface area contributed by atoms with E-state index in [4.69, 9.17) is 9.47 Å². The Morgan fingerprint density at radius 2 is 1.00 bits per heavy atom. The number of likely N-dealkylation sites (N-methyl/N-ethyl adjacent to an activating group) is 2. The highest BCUT2D eigenvalue weighted by atomic mass is 16.5. The molecule has 6 N–H and O–H groups in total. The Morgan fingerprint density at radius 3 is 1.37 bits per heavy atom. The van der Waals surface area contributed by atoms with Crippen molar-refractivity contribution in [3.8, 4) is 23.0 Å². The van der Waals surface area contributed by atoms with Gasteiger partial charge in [-0.2, -0.15) is 0 Å². The van der Waals surface area contributed by atoms with Crippen LogP contribution in [0.3, 0.4) is 0 Å².